The molecule has 0 radical (unpaired) electrons. The maximum absolute atomic E-state index is 5.72. The molecule has 1 aromatic heterocycles. The van der Waals surface area contributed by atoms with E-state index in [0.29, 0.717) is 11.9 Å². The first-order chi connectivity index (χ1) is 8.56. The average Bonchev–Trinajstić information content (AvgIpc) is 2.27. The van der Waals surface area contributed by atoms with Gasteiger partial charge in [0, 0.05) is 23.3 Å². The molecule has 0 atom stereocenters. The molecular formula is C15H20N2O. The van der Waals surface area contributed by atoms with E-state index in [1.807, 2.05) is 19.9 Å². The summed E-state index contributed by atoms with van der Waals surface area (Å²) in [6.07, 6.45) is 1.93. The molecule has 2 rings (SSSR count). The first kappa shape index (κ1) is 12.7. The number of ether oxygens (including phenoxy) is 1. The van der Waals surface area contributed by atoms with Crippen LogP contribution in [0.25, 0.3) is 10.8 Å². The molecule has 0 saturated heterocycles. The smallest absolute Gasteiger partial charge is 0.221 e. The monoisotopic (exact) mass is 244 g/mol. The molecule has 0 fully saturated rings. The maximum Gasteiger partial charge on any atom is 0.221 e. The molecule has 3 heteroatoms. The Kier molecular flexibility index (Phi) is 3.70. The zero-order valence-corrected chi connectivity index (χ0v) is 11.4. The van der Waals surface area contributed by atoms with Gasteiger partial charge >= 0.3 is 0 Å². The lowest BCUT2D eigenvalue weighted by atomic mass is 10.1. The van der Waals surface area contributed by atoms with Crippen molar-refractivity contribution in [3.8, 4) is 5.88 Å². The number of anilines is 1. The highest BCUT2D eigenvalue weighted by atomic mass is 16.5. The van der Waals surface area contributed by atoms with Crippen molar-refractivity contribution in [3.63, 3.8) is 0 Å². The van der Waals surface area contributed by atoms with E-state index < -0.39 is 0 Å². The van der Waals surface area contributed by atoms with E-state index in [1.54, 1.807) is 6.20 Å². The van der Waals surface area contributed by atoms with Crippen LogP contribution in [0.1, 0.15) is 27.7 Å². The van der Waals surface area contributed by atoms with Gasteiger partial charge < -0.3 is 10.1 Å². The lowest BCUT2D eigenvalue weighted by Gasteiger charge is -2.13. The van der Waals surface area contributed by atoms with E-state index >= 15 is 0 Å². The molecule has 0 aliphatic rings. The molecule has 0 unspecified atom stereocenters. The van der Waals surface area contributed by atoms with Gasteiger partial charge in [-0.3, -0.25) is 0 Å². The van der Waals surface area contributed by atoms with Gasteiger partial charge in [-0.1, -0.05) is 0 Å². The lowest BCUT2D eigenvalue weighted by molar-refractivity contribution is 0.236. The van der Waals surface area contributed by atoms with Crippen LogP contribution in [0.5, 0.6) is 5.88 Å². The van der Waals surface area contributed by atoms with Gasteiger partial charge in [-0.15, -0.1) is 0 Å². The Morgan fingerprint density at radius 3 is 2.56 bits per heavy atom. The summed E-state index contributed by atoms with van der Waals surface area (Å²) in [4.78, 5) is 4.30. The summed E-state index contributed by atoms with van der Waals surface area (Å²) in [5.74, 6) is 0.707. The maximum atomic E-state index is 5.72. The Labute approximate surface area is 108 Å². The summed E-state index contributed by atoms with van der Waals surface area (Å²) >= 11 is 0. The normalized spacial score (nSPS) is 11.2. The molecular weight excluding hydrogens is 224 g/mol. The third-order valence-corrected chi connectivity index (χ3v) is 2.53. The van der Waals surface area contributed by atoms with Crippen LogP contribution in [-0.2, 0) is 0 Å². The van der Waals surface area contributed by atoms with E-state index in [9.17, 15) is 0 Å². The molecule has 1 aromatic carbocycles. The molecule has 0 saturated carbocycles. The fraction of sp³-hybridized carbons (Fsp3) is 0.400. The summed E-state index contributed by atoms with van der Waals surface area (Å²) in [6, 6.07) is 8.69. The van der Waals surface area contributed by atoms with Crippen molar-refractivity contribution >= 4 is 16.5 Å². The molecule has 2 aromatic rings. The Balaban J connectivity index is 2.40. The van der Waals surface area contributed by atoms with Gasteiger partial charge in [0.25, 0.3) is 0 Å². The van der Waals surface area contributed by atoms with Crippen LogP contribution >= 0.6 is 0 Å². The van der Waals surface area contributed by atoms with Gasteiger partial charge in [-0.2, -0.15) is 0 Å². The van der Waals surface area contributed by atoms with Crippen molar-refractivity contribution in [2.75, 3.05) is 5.32 Å². The predicted molar refractivity (Wildman–Crippen MR) is 76.3 cm³/mol. The van der Waals surface area contributed by atoms with Gasteiger partial charge in [0.2, 0.25) is 5.88 Å². The molecule has 0 aliphatic carbocycles. The van der Waals surface area contributed by atoms with Crippen LogP contribution in [0, 0.1) is 0 Å². The molecule has 0 aliphatic heterocycles. The topological polar surface area (TPSA) is 34.1 Å². The van der Waals surface area contributed by atoms with Crippen molar-refractivity contribution in [3.05, 3.63) is 30.5 Å². The number of benzene rings is 1. The van der Waals surface area contributed by atoms with Crippen LogP contribution in [0.3, 0.4) is 0 Å². The number of aromatic nitrogens is 1. The Bertz CT molecular complexity index is 535. The van der Waals surface area contributed by atoms with Crippen LogP contribution in [0.15, 0.2) is 30.5 Å². The largest absolute Gasteiger partial charge is 0.475 e. The molecule has 1 N–H and O–H groups in total. The zero-order chi connectivity index (χ0) is 13.1. The summed E-state index contributed by atoms with van der Waals surface area (Å²) in [5.41, 5.74) is 1.12. The standard InChI is InChI=1S/C15H20N2O/c1-10(2)17-13-5-6-14-12(9-13)7-8-16-15(14)18-11(3)4/h5-11,17H,1-4H3. The second-order valence-electron chi connectivity index (χ2n) is 5.02. The molecule has 96 valence electrons. The number of fused-ring (bicyclic) bond motifs is 1. The first-order valence-electron chi connectivity index (χ1n) is 6.38. The van der Waals surface area contributed by atoms with Gasteiger partial charge in [-0.05, 0) is 57.3 Å². The van der Waals surface area contributed by atoms with Crippen LogP contribution in [0.2, 0.25) is 0 Å². The number of rotatable bonds is 4. The third-order valence-electron chi connectivity index (χ3n) is 2.53. The van der Waals surface area contributed by atoms with Crippen molar-refractivity contribution in [2.45, 2.75) is 39.8 Å². The molecule has 18 heavy (non-hydrogen) atoms. The van der Waals surface area contributed by atoms with Crippen molar-refractivity contribution in [1.82, 2.24) is 4.98 Å². The van der Waals surface area contributed by atoms with Crippen LogP contribution in [0.4, 0.5) is 5.69 Å². The highest BCUT2D eigenvalue weighted by Crippen LogP contribution is 2.26. The highest BCUT2D eigenvalue weighted by molar-refractivity contribution is 5.89. The number of pyridine rings is 1. The van der Waals surface area contributed by atoms with E-state index in [1.165, 1.54) is 0 Å². The van der Waals surface area contributed by atoms with E-state index in [0.717, 1.165) is 16.5 Å². The van der Waals surface area contributed by atoms with Crippen molar-refractivity contribution in [1.29, 1.82) is 0 Å². The van der Waals surface area contributed by atoms with Gasteiger partial charge in [0.15, 0.2) is 0 Å². The fourth-order valence-corrected chi connectivity index (χ4v) is 1.89. The summed E-state index contributed by atoms with van der Waals surface area (Å²) in [6.45, 7) is 8.28. The van der Waals surface area contributed by atoms with E-state index in [4.69, 9.17) is 4.74 Å². The Hall–Kier alpha value is -1.77. The Morgan fingerprint density at radius 1 is 1.11 bits per heavy atom. The van der Waals surface area contributed by atoms with Gasteiger partial charge in [0.05, 0.1) is 6.10 Å². The van der Waals surface area contributed by atoms with E-state index in [2.05, 4.69) is 42.3 Å². The quantitative estimate of drug-likeness (QED) is 0.887. The second kappa shape index (κ2) is 5.25. The minimum atomic E-state index is 0.136. The van der Waals surface area contributed by atoms with Crippen LogP contribution in [-0.4, -0.2) is 17.1 Å². The van der Waals surface area contributed by atoms with Crippen LogP contribution < -0.4 is 10.1 Å². The molecule has 0 spiro atoms. The summed E-state index contributed by atoms with van der Waals surface area (Å²) in [7, 11) is 0. The average molecular weight is 244 g/mol. The number of nitrogens with one attached hydrogen (secondary N) is 1. The zero-order valence-electron chi connectivity index (χ0n) is 11.4. The second-order valence-corrected chi connectivity index (χ2v) is 5.02. The first-order valence-corrected chi connectivity index (χ1v) is 6.38. The van der Waals surface area contributed by atoms with Gasteiger partial charge in [-0.25, -0.2) is 4.98 Å². The fourth-order valence-electron chi connectivity index (χ4n) is 1.89. The number of hydrogen-bond acceptors (Lipinski definition) is 3. The highest BCUT2D eigenvalue weighted by Gasteiger charge is 2.06. The number of hydrogen-bond donors (Lipinski definition) is 1. The van der Waals surface area contributed by atoms with Gasteiger partial charge in [0.1, 0.15) is 0 Å². The summed E-state index contributed by atoms with van der Waals surface area (Å²) < 4.78 is 5.72. The minimum Gasteiger partial charge on any atom is -0.475 e. The molecule has 0 bridgehead atoms. The lowest BCUT2D eigenvalue weighted by Crippen LogP contribution is -2.09. The SMILES string of the molecule is CC(C)Nc1ccc2c(OC(C)C)nccc2c1. The summed E-state index contributed by atoms with van der Waals surface area (Å²) in [5, 5.41) is 5.60. The molecule has 3 nitrogen and oxygen atoms in total. The van der Waals surface area contributed by atoms with Crippen molar-refractivity contribution in [2.24, 2.45) is 0 Å². The molecule has 0 amide bonds. The van der Waals surface area contributed by atoms with Crippen molar-refractivity contribution < 1.29 is 4.74 Å². The number of nitrogens with zero attached hydrogens (tertiary/aromatic N) is 1. The minimum absolute atomic E-state index is 0.136. The predicted octanol–water partition coefficient (Wildman–Crippen LogP) is 3.84. The Morgan fingerprint density at radius 2 is 1.89 bits per heavy atom. The molecule has 1 heterocycles. The third kappa shape index (κ3) is 2.92. The van der Waals surface area contributed by atoms with E-state index in [-0.39, 0.29) is 6.10 Å².